The second-order valence-electron chi connectivity index (χ2n) is 9.70. The van der Waals surface area contributed by atoms with Crippen molar-refractivity contribution in [3.63, 3.8) is 0 Å². The predicted octanol–water partition coefficient (Wildman–Crippen LogP) is 1.35. The third kappa shape index (κ3) is 5.13. The maximum absolute atomic E-state index is 13.7. The number of hydrazine groups is 1. The quantitative estimate of drug-likeness (QED) is 0.0960. The van der Waals surface area contributed by atoms with Crippen molar-refractivity contribution in [2.45, 2.75) is 19.2 Å². The summed E-state index contributed by atoms with van der Waals surface area (Å²) in [5.41, 5.74) is 4.69. The van der Waals surface area contributed by atoms with Gasteiger partial charge >= 0.3 is 0 Å². The van der Waals surface area contributed by atoms with Crippen LogP contribution < -0.4 is 5.43 Å². The fourth-order valence-corrected chi connectivity index (χ4v) is 5.28. The van der Waals surface area contributed by atoms with E-state index >= 15 is 0 Å². The molecule has 0 radical (unpaired) electrons. The number of imide groups is 1. The molecule has 0 bridgehead atoms. The number of aromatic hydroxyl groups is 2. The normalized spacial score (nSPS) is 13.9. The molecular weight excluding hydrogens is 580 g/mol. The Bertz CT molecular complexity index is 1900. The number of carbonyl (C=O) groups is 2. The molecule has 15 nitrogen and oxygen atoms in total. The zero-order valence-electron chi connectivity index (χ0n) is 23.6. The molecule has 6 rings (SSSR count). The summed E-state index contributed by atoms with van der Waals surface area (Å²) >= 11 is 0. The number of nitrogens with zero attached hydrogens (tertiary/aromatic N) is 2. The van der Waals surface area contributed by atoms with Gasteiger partial charge in [0, 0.05) is 40.8 Å². The third-order valence-corrected chi connectivity index (χ3v) is 7.03. The summed E-state index contributed by atoms with van der Waals surface area (Å²) in [5, 5.41) is 83.4. The lowest BCUT2D eigenvalue weighted by Gasteiger charge is -2.20. The van der Waals surface area contributed by atoms with Crippen LogP contribution in [0.5, 0.6) is 11.5 Å². The molecule has 11 N–H and O–H groups in total. The minimum absolute atomic E-state index is 0.00219. The van der Waals surface area contributed by atoms with Crippen molar-refractivity contribution in [1.29, 1.82) is 0 Å². The Balaban J connectivity index is 0.000000496. The van der Waals surface area contributed by atoms with Gasteiger partial charge in [-0.05, 0) is 31.2 Å². The highest BCUT2D eigenvalue weighted by molar-refractivity contribution is 6.39. The van der Waals surface area contributed by atoms with Crippen LogP contribution in [0.2, 0.25) is 0 Å². The molecule has 3 aromatic carbocycles. The fourth-order valence-electron chi connectivity index (χ4n) is 5.28. The minimum Gasteiger partial charge on any atom is -0.512 e. The summed E-state index contributed by atoms with van der Waals surface area (Å²) in [7, 11) is 1.00. The van der Waals surface area contributed by atoms with Crippen LogP contribution >= 0.6 is 0 Å². The van der Waals surface area contributed by atoms with Crippen molar-refractivity contribution >= 4 is 55.4 Å². The van der Waals surface area contributed by atoms with Gasteiger partial charge in [-0.3, -0.25) is 9.59 Å². The van der Waals surface area contributed by atoms with Crippen molar-refractivity contribution in [1.82, 2.24) is 20.0 Å². The van der Waals surface area contributed by atoms with E-state index in [1.165, 1.54) is 24.3 Å². The second kappa shape index (κ2) is 12.8. The summed E-state index contributed by atoms with van der Waals surface area (Å²) in [6.45, 7) is 0.0182. The Morgan fingerprint density at radius 3 is 2.02 bits per heavy atom. The van der Waals surface area contributed by atoms with E-state index in [2.05, 4.69) is 10.4 Å². The third-order valence-electron chi connectivity index (χ3n) is 7.03. The standard InChI is InChI=1S/C25H22N4O7.C3H6O3.CH4O/c1-10(32)28-17-7-13(34)3-5-15(17)19-21-20(24(35)29(25(21)36)27-11(8-30)9-31)18-14-4-2-12(33)6-16(14)26-22(18)23(19)28;4-1-3(6)2-5;1-2/h2-7,10-11,26-27,30-34H,8-9H2,1H3;1,4-6H,2H2;2H,1H3/b;3-1-;. The number of aromatic nitrogens is 2. The maximum Gasteiger partial charge on any atom is 0.276 e. The number of hydrogen-bond donors (Lipinski definition) is 11. The molecule has 0 spiro atoms. The van der Waals surface area contributed by atoms with Gasteiger partial charge in [-0.1, -0.05) is 0 Å². The van der Waals surface area contributed by atoms with Gasteiger partial charge in [-0.25, -0.2) is 10.4 Å². The summed E-state index contributed by atoms with van der Waals surface area (Å²) < 4.78 is 1.57. The number of aliphatic hydroxyl groups excluding tert-OH is 7. The molecule has 0 saturated heterocycles. The molecule has 2 amide bonds. The molecule has 0 aliphatic carbocycles. The zero-order valence-corrected chi connectivity index (χ0v) is 23.6. The van der Waals surface area contributed by atoms with Crippen molar-refractivity contribution in [2.75, 3.05) is 26.9 Å². The van der Waals surface area contributed by atoms with Crippen LogP contribution in [0.1, 0.15) is 33.9 Å². The molecule has 5 aromatic rings. The Morgan fingerprint density at radius 2 is 1.50 bits per heavy atom. The number of aliphatic hydroxyl groups is 7. The lowest BCUT2D eigenvalue weighted by molar-refractivity contribution is 0.0458. The van der Waals surface area contributed by atoms with Crippen molar-refractivity contribution in [3.8, 4) is 11.5 Å². The van der Waals surface area contributed by atoms with E-state index in [-0.39, 0.29) is 22.6 Å². The molecule has 1 atom stereocenters. The van der Waals surface area contributed by atoms with Crippen molar-refractivity contribution in [3.05, 3.63) is 59.5 Å². The van der Waals surface area contributed by atoms with Gasteiger partial charge in [0.15, 0.2) is 5.76 Å². The van der Waals surface area contributed by atoms with E-state index in [4.69, 9.17) is 20.4 Å². The fraction of sp³-hybridized carbons (Fsp3) is 0.241. The number of carbonyl (C=O) groups excluding carboxylic acids is 2. The number of nitrogens with one attached hydrogen (secondary N) is 2. The van der Waals surface area contributed by atoms with E-state index < -0.39 is 49.7 Å². The van der Waals surface area contributed by atoms with E-state index in [9.17, 15) is 35.1 Å². The average Bonchev–Trinajstić information content (AvgIpc) is 3.63. The Hall–Kier alpha value is -4.90. The van der Waals surface area contributed by atoms with Crippen molar-refractivity contribution in [2.24, 2.45) is 0 Å². The lowest BCUT2D eigenvalue weighted by Crippen LogP contribution is -2.50. The SMILES string of the molecule is CC(O)n1c2cc(O)ccc2c2c3c(c4c5ccc(O)cc5[nH]c4c21)C(=O)N(NC(CO)CO)C3=O.CO.O/C=C(\O)CO. The van der Waals surface area contributed by atoms with Crippen molar-refractivity contribution < 1.29 is 55.5 Å². The van der Waals surface area contributed by atoms with Gasteiger partial charge in [-0.2, -0.15) is 0 Å². The number of rotatable bonds is 6. The highest BCUT2D eigenvalue weighted by Gasteiger charge is 2.42. The molecule has 1 aliphatic heterocycles. The monoisotopic (exact) mass is 612 g/mol. The minimum atomic E-state index is -1.07. The van der Waals surface area contributed by atoms with Gasteiger partial charge < -0.3 is 55.5 Å². The number of fused-ring (bicyclic) bond motifs is 10. The second-order valence-corrected chi connectivity index (χ2v) is 9.70. The molecule has 15 heteroatoms. The van der Waals surface area contributed by atoms with Gasteiger partial charge in [-0.15, -0.1) is 0 Å². The lowest BCUT2D eigenvalue weighted by atomic mass is 9.96. The number of phenolic OH excluding ortho intramolecular Hbond substituents is 2. The summed E-state index contributed by atoms with van der Waals surface area (Å²) in [4.78, 5) is 30.7. The molecule has 234 valence electrons. The number of benzene rings is 3. The van der Waals surface area contributed by atoms with E-state index in [0.29, 0.717) is 49.9 Å². The molecule has 0 fully saturated rings. The van der Waals surface area contributed by atoms with Crippen LogP contribution in [-0.2, 0) is 0 Å². The predicted molar refractivity (Wildman–Crippen MR) is 159 cm³/mol. The van der Waals surface area contributed by atoms with E-state index in [0.717, 1.165) is 12.1 Å². The van der Waals surface area contributed by atoms with E-state index in [1.54, 1.807) is 23.6 Å². The molecule has 3 heterocycles. The highest BCUT2D eigenvalue weighted by Crippen LogP contribution is 2.46. The number of amides is 2. The molecular formula is C29H32N4O11. The van der Waals surface area contributed by atoms with Crippen LogP contribution in [0.15, 0.2) is 48.4 Å². The highest BCUT2D eigenvalue weighted by atomic mass is 16.3. The first-order chi connectivity index (χ1) is 21.1. The first kappa shape index (κ1) is 32.0. The Labute approximate surface area is 248 Å². The molecule has 1 aliphatic rings. The zero-order chi connectivity index (χ0) is 32.5. The van der Waals surface area contributed by atoms with Crippen LogP contribution in [0.3, 0.4) is 0 Å². The number of H-pyrrole nitrogens is 1. The Morgan fingerprint density at radius 1 is 0.932 bits per heavy atom. The number of aromatic amines is 1. The van der Waals surface area contributed by atoms with Gasteiger partial charge in [0.25, 0.3) is 11.8 Å². The summed E-state index contributed by atoms with van der Waals surface area (Å²) in [6.07, 6.45) is -0.623. The van der Waals surface area contributed by atoms with Gasteiger partial charge in [0.05, 0.1) is 52.4 Å². The smallest absolute Gasteiger partial charge is 0.276 e. The molecule has 1 unspecified atom stereocenters. The molecule has 0 saturated carbocycles. The van der Waals surface area contributed by atoms with Crippen LogP contribution in [0, 0.1) is 0 Å². The average molecular weight is 613 g/mol. The van der Waals surface area contributed by atoms with E-state index in [1.807, 2.05) is 0 Å². The topological polar surface area (TPSA) is 252 Å². The maximum atomic E-state index is 13.7. The largest absolute Gasteiger partial charge is 0.512 e. The number of hydrogen-bond acceptors (Lipinski definition) is 12. The van der Waals surface area contributed by atoms with Crippen LogP contribution in [0.4, 0.5) is 0 Å². The van der Waals surface area contributed by atoms with Crippen LogP contribution in [-0.4, -0.2) is 105 Å². The summed E-state index contributed by atoms with van der Waals surface area (Å²) in [5.74, 6) is -1.81. The number of phenols is 2. The van der Waals surface area contributed by atoms with Gasteiger partial charge in [0.2, 0.25) is 0 Å². The summed E-state index contributed by atoms with van der Waals surface area (Å²) in [6, 6.07) is 8.20. The Kier molecular flexibility index (Phi) is 9.29. The molecule has 44 heavy (non-hydrogen) atoms. The van der Waals surface area contributed by atoms with Crippen LogP contribution in [0.25, 0.3) is 43.6 Å². The van der Waals surface area contributed by atoms with Gasteiger partial charge in [0.1, 0.15) is 30.6 Å². The first-order valence-corrected chi connectivity index (χ1v) is 13.2. The molecule has 2 aromatic heterocycles. The first-order valence-electron chi connectivity index (χ1n) is 13.2.